The molecule has 0 spiro atoms. The van der Waals surface area contributed by atoms with Crippen LogP contribution >= 0.6 is 0 Å². The molecule has 1 atom stereocenters. The van der Waals surface area contributed by atoms with E-state index in [-0.39, 0.29) is 6.04 Å². The lowest BCUT2D eigenvalue weighted by Crippen LogP contribution is -2.46. The van der Waals surface area contributed by atoms with Gasteiger partial charge in [-0.3, -0.25) is 5.10 Å². The Balaban J connectivity index is 1.44. The topological polar surface area (TPSA) is 82.6 Å². The molecule has 7 nitrogen and oxygen atoms in total. The standard InChI is InChI=1S/C21H21N7/c1-14-17-11-16(7-8-18(17)26-25-14)21-24-20(12-23-27-21)28-10-9-22-19(13-28)15-5-3-2-4-6-15/h2-8,11-12,19,22H,9-10,13H2,1H3,(H,25,26)/t19-/m0/s1. The minimum absolute atomic E-state index is 0.276. The van der Waals surface area contributed by atoms with E-state index in [1.165, 1.54) is 5.56 Å². The van der Waals surface area contributed by atoms with E-state index in [1.807, 2.05) is 25.1 Å². The molecule has 3 heterocycles. The van der Waals surface area contributed by atoms with Gasteiger partial charge in [-0.25, -0.2) is 4.98 Å². The molecule has 0 unspecified atom stereocenters. The smallest absolute Gasteiger partial charge is 0.183 e. The Morgan fingerprint density at radius 2 is 2.00 bits per heavy atom. The maximum absolute atomic E-state index is 4.81. The van der Waals surface area contributed by atoms with Crippen LogP contribution < -0.4 is 10.2 Å². The van der Waals surface area contributed by atoms with Crippen LogP contribution in [-0.4, -0.2) is 45.0 Å². The Labute approximate surface area is 162 Å². The molecule has 2 aromatic carbocycles. The predicted octanol–water partition coefficient (Wildman–Crippen LogP) is 2.87. The van der Waals surface area contributed by atoms with Crippen molar-refractivity contribution in [1.82, 2.24) is 30.7 Å². The van der Waals surface area contributed by atoms with Crippen LogP contribution in [0.3, 0.4) is 0 Å². The monoisotopic (exact) mass is 371 g/mol. The first-order valence-corrected chi connectivity index (χ1v) is 9.46. The summed E-state index contributed by atoms with van der Waals surface area (Å²) >= 11 is 0. The van der Waals surface area contributed by atoms with Crippen LogP contribution in [-0.2, 0) is 0 Å². The molecule has 0 bridgehead atoms. The summed E-state index contributed by atoms with van der Waals surface area (Å²) in [6, 6.07) is 16.9. The normalized spacial score (nSPS) is 17.2. The number of nitrogens with one attached hydrogen (secondary N) is 2. The number of benzene rings is 2. The van der Waals surface area contributed by atoms with Crippen LogP contribution in [0, 0.1) is 6.92 Å². The first kappa shape index (κ1) is 16.8. The number of H-pyrrole nitrogens is 1. The fourth-order valence-corrected chi connectivity index (χ4v) is 3.72. The number of aryl methyl sites for hydroxylation is 1. The van der Waals surface area contributed by atoms with Crippen LogP contribution in [0.4, 0.5) is 5.82 Å². The molecule has 7 heteroatoms. The zero-order valence-corrected chi connectivity index (χ0v) is 15.6. The Kier molecular flexibility index (Phi) is 4.21. The molecule has 0 amide bonds. The Morgan fingerprint density at radius 1 is 1.11 bits per heavy atom. The van der Waals surface area contributed by atoms with Crippen molar-refractivity contribution < 1.29 is 0 Å². The van der Waals surface area contributed by atoms with Gasteiger partial charge in [0, 0.05) is 36.6 Å². The van der Waals surface area contributed by atoms with E-state index in [4.69, 9.17) is 4.98 Å². The van der Waals surface area contributed by atoms with E-state index in [9.17, 15) is 0 Å². The molecule has 1 saturated heterocycles. The van der Waals surface area contributed by atoms with E-state index in [1.54, 1.807) is 6.20 Å². The third kappa shape index (κ3) is 3.10. The summed E-state index contributed by atoms with van der Waals surface area (Å²) in [7, 11) is 0. The van der Waals surface area contributed by atoms with Gasteiger partial charge in [0.2, 0.25) is 0 Å². The summed E-state index contributed by atoms with van der Waals surface area (Å²) in [5, 5.41) is 20.5. The average Bonchev–Trinajstić information content (AvgIpc) is 3.15. The third-order valence-corrected chi connectivity index (χ3v) is 5.26. The largest absolute Gasteiger partial charge is 0.352 e. The molecule has 1 fully saturated rings. The second-order valence-corrected chi connectivity index (χ2v) is 7.07. The van der Waals surface area contributed by atoms with Gasteiger partial charge < -0.3 is 10.2 Å². The van der Waals surface area contributed by atoms with Gasteiger partial charge in [0.1, 0.15) is 0 Å². The summed E-state index contributed by atoms with van der Waals surface area (Å²) in [4.78, 5) is 7.08. The van der Waals surface area contributed by atoms with Crippen molar-refractivity contribution in [3.8, 4) is 11.4 Å². The fourth-order valence-electron chi connectivity index (χ4n) is 3.72. The van der Waals surface area contributed by atoms with Crippen molar-refractivity contribution >= 4 is 16.7 Å². The molecule has 0 radical (unpaired) electrons. The molecule has 1 aliphatic rings. The van der Waals surface area contributed by atoms with Gasteiger partial charge >= 0.3 is 0 Å². The highest BCUT2D eigenvalue weighted by Crippen LogP contribution is 2.25. The van der Waals surface area contributed by atoms with Crippen molar-refractivity contribution in [1.29, 1.82) is 0 Å². The van der Waals surface area contributed by atoms with Crippen LogP contribution in [0.25, 0.3) is 22.3 Å². The molecule has 2 aromatic heterocycles. The zero-order chi connectivity index (χ0) is 18.9. The van der Waals surface area contributed by atoms with E-state index < -0.39 is 0 Å². The predicted molar refractivity (Wildman–Crippen MR) is 109 cm³/mol. The Hall–Kier alpha value is -3.32. The number of aromatic amines is 1. The number of hydrogen-bond donors (Lipinski definition) is 2. The highest BCUT2D eigenvalue weighted by Gasteiger charge is 2.22. The number of hydrogen-bond acceptors (Lipinski definition) is 6. The number of aromatic nitrogens is 5. The molecule has 1 aliphatic heterocycles. The van der Waals surface area contributed by atoms with E-state index in [0.29, 0.717) is 5.82 Å². The number of nitrogens with zero attached hydrogens (tertiary/aromatic N) is 5. The minimum Gasteiger partial charge on any atom is -0.352 e. The van der Waals surface area contributed by atoms with Crippen molar-refractivity contribution in [3.05, 3.63) is 66.0 Å². The lowest BCUT2D eigenvalue weighted by atomic mass is 10.0. The van der Waals surface area contributed by atoms with Crippen molar-refractivity contribution in [3.63, 3.8) is 0 Å². The molecule has 140 valence electrons. The molecule has 5 rings (SSSR count). The lowest BCUT2D eigenvalue weighted by molar-refractivity contribution is 0.469. The summed E-state index contributed by atoms with van der Waals surface area (Å²) in [5.74, 6) is 1.49. The molecular formula is C21H21N7. The van der Waals surface area contributed by atoms with Crippen LogP contribution in [0.15, 0.2) is 54.7 Å². The molecular weight excluding hydrogens is 350 g/mol. The zero-order valence-electron chi connectivity index (χ0n) is 15.6. The van der Waals surface area contributed by atoms with Gasteiger partial charge in [0.15, 0.2) is 11.6 Å². The maximum Gasteiger partial charge on any atom is 0.183 e. The molecule has 0 saturated carbocycles. The van der Waals surface area contributed by atoms with Crippen molar-refractivity contribution in [2.45, 2.75) is 13.0 Å². The van der Waals surface area contributed by atoms with Gasteiger partial charge in [-0.05, 0) is 30.7 Å². The second kappa shape index (κ2) is 7.01. The van der Waals surface area contributed by atoms with Crippen LogP contribution in [0.2, 0.25) is 0 Å². The van der Waals surface area contributed by atoms with E-state index >= 15 is 0 Å². The summed E-state index contributed by atoms with van der Waals surface area (Å²) in [5.41, 5.74) is 4.21. The minimum atomic E-state index is 0.276. The molecule has 28 heavy (non-hydrogen) atoms. The van der Waals surface area contributed by atoms with Crippen molar-refractivity contribution in [2.24, 2.45) is 0 Å². The van der Waals surface area contributed by atoms with E-state index in [0.717, 1.165) is 47.6 Å². The summed E-state index contributed by atoms with van der Waals surface area (Å²) in [6.45, 7) is 4.63. The van der Waals surface area contributed by atoms with Gasteiger partial charge in [-0.15, -0.1) is 5.10 Å². The number of anilines is 1. The summed E-state index contributed by atoms with van der Waals surface area (Å²) < 4.78 is 0. The van der Waals surface area contributed by atoms with Crippen LogP contribution in [0.5, 0.6) is 0 Å². The third-order valence-electron chi connectivity index (χ3n) is 5.26. The molecule has 2 N–H and O–H groups in total. The van der Waals surface area contributed by atoms with Crippen molar-refractivity contribution in [2.75, 3.05) is 24.5 Å². The second-order valence-electron chi connectivity index (χ2n) is 7.07. The SMILES string of the molecule is Cc1n[nH]c2ccc(-c3nncc(N4CCN[C@H](c5ccccc5)C4)n3)cc12. The first-order chi connectivity index (χ1) is 13.8. The highest BCUT2D eigenvalue weighted by atomic mass is 15.3. The Bertz CT molecular complexity index is 1110. The lowest BCUT2D eigenvalue weighted by Gasteiger charge is -2.34. The van der Waals surface area contributed by atoms with Gasteiger partial charge in [-0.1, -0.05) is 30.3 Å². The average molecular weight is 371 g/mol. The highest BCUT2D eigenvalue weighted by molar-refractivity contribution is 5.85. The summed E-state index contributed by atoms with van der Waals surface area (Å²) in [6.07, 6.45) is 1.75. The molecule has 0 aliphatic carbocycles. The van der Waals surface area contributed by atoms with Gasteiger partial charge in [0.05, 0.1) is 17.4 Å². The number of fused-ring (bicyclic) bond motifs is 1. The van der Waals surface area contributed by atoms with E-state index in [2.05, 4.69) is 60.9 Å². The fraction of sp³-hybridized carbons (Fsp3) is 0.238. The Morgan fingerprint density at radius 3 is 2.89 bits per heavy atom. The van der Waals surface area contributed by atoms with Gasteiger partial charge in [-0.2, -0.15) is 10.2 Å². The quantitative estimate of drug-likeness (QED) is 0.576. The first-order valence-electron chi connectivity index (χ1n) is 9.46. The van der Waals surface area contributed by atoms with Crippen LogP contribution in [0.1, 0.15) is 17.3 Å². The number of rotatable bonds is 3. The van der Waals surface area contributed by atoms with Gasteiger partial charge in [0.25, 0.3) is 0 Å². The maximum atomic E-state index is 4.81. The number of piperazine rings is 1. The molecule has 4 aromatic rings.